The van der Waals surface area contributed by atoms with Gasteiger partial charge in [-0.2, -0.15) is 0 Å². The Labute approximate surface area is 192 Å². The summed E-state index contributed by atoms with van der Waals surface area (Å²) in [7, 11) is 1.59. The Kier molecular flexibility index (Phi) is 8.07. The molecule has 10 heteroatoms. The maximum absolute atomic E-state index is 12.4. The van der Waals surface area contributed by atoms with Crippen molar-refractivity contribution in [1.29, 1.82) is 0 Å². The Morgan fingerprint density at radius 2 is 1.61 bits per heavy atom. The SMILES string of the molecule is CCn1c(CC(=O)Nc2ccc(OC)cc2)nnc1SCC(=O)Nc1ccc(Br)cc1. The normalized spacial score (nSPS) is 10.5. The first-order chi connectivity index (χ1) is 15.0. The van der Waals surface area contributed by atoms with Crippen LogP contribution in [0.5, 0.6) is 5.75 Å². The molecule has 0 bridgehead atoms. The first-order valence-corrected chi connectivity index (χ1v) is 11.3. The molecular formula is C21H22BrN5O3S. The second kappa shape index (κ2) is 11.0. The van der Waals surface area contributed by atoms with Gasteiger partial charge in [-0.3, -0.25) is 9.59 Å². The fourth-order valence-electron chi connectivity index (χ4n) is 2.76. The predicted molar refractivity (Wildman–Crippen MR) is 125 cm³/mol. The van der Waals surface area contributed by atoms with Crippen molar-refractivity contribution >= 4 is 50.9 Å². The van der Waals surface area contributed by atoms with Crippen LogP contribution in [0.2, 0.25) is 0 Å². The summed E-state index contributed by atoms with van der Waals surface area (Å²) in [6.07, 6.45) is 0.0819. The van der Waals surface area contributed by atoms with Crippen LogP contribution < -0.4 is 15.4 Å². The first-order valence-electron chi connectivity index (χ1n) is 9.52. The lowest BCUT2D eigenvalue weighted by Gasteiger charge is -2.09. The van der Waals surface area contributed by atoms with Crippen molar-refractivity contribution in [2.45, 2.75) is 25.0 Å². The third-order valence-corrected chi connectivity index (χ3v) is 5.76. The zero-order valence-electron chi connectivity index (χ0n) is 17.1. The monoisotopic (exact) mass is 503 g/mol. The molecule has 0 radical (unpaired) electrons. The molecule has 3 rings (SSSR count). The number of carbonyl (C=O) groups excluding carboxylic acids is 2. The molecule has 0 aliphatic carbocycles. The van der Waals surface area contributed by atoms with Crippen LogP contribution >= 0.6 is 27.7 Å². The quantitative estimate of drug-likeness (QED) is 0.428. The molecule has 1 heterocycles. The fraction of sp³-hybridized carbons (Fsp3) is 0.238. The molecule has 2 amide bonds. The van der Waals surface area contributed by atoms with Gasteiger partial charge in [0.25, 0.3) is 0 Å². The summed E-state index contributed by atoms with van der Waals surface area (Å²) in [4.78, 5) is 24.6. The van der Waals surface area contributed by atoms with Crippen LogP contribution in [0.1, 0.15) is 12.7 Å². The summed E-state index contributed by atoms with van der Waals surface area (Å²) in [5.41, 5.74) is 1.40. The summed E-state index contributed by atoms with van der Waals surface area (Å²) in [6.45, 7) is 2.54. The van der Waals surface area contributed by atoms with E-state index in [0.717, 1.165) is 15.9 Å². The first kappa shape index (κ1) is 22.8. The number of carbonyl (C=O) groups is 2. The molecule has 0 saturated carbocycles. The summed E-state index contributed by atoms with van der Waals surface area (Å²) in [5, 5.41) is 14.6. The van der Waals surface area contributed by atoms with Gasteiger partial charge >= 0.3 is 0 Å². The molecular weight excluding hydrogens is 482 g/mol. The highest BCUT2D eigenvalue weighted by molar-refractivity contribution is 9.10. The highest BCUT2D eigenvalue weighted by atomic mass is 79.9. The third-order valence-electron chi connectivity index (χ3n) is 4.26. The second-order valence-corrected chi connectivity index (χ2v) is 8.30. The van der Waals surface area contributed by atoms with Gasteiger partial charge < -0.3 is 19.9 Å². The number of hydrogen-bond acceptors (Lipinski definition) is 6. The molecule has 1 aromatic heterocycles. The van der Waals surface area contributed by atoms with Crippen LogP contribution in [-0.4, -0.2) is 39.4 Å². The Balaban J connectivity index is 1.55. The lowest BCUT2D eigenvalue weighted by Crippen LogP contribution is -2.18. The number of hydrogen-bond donors (Lipinski definition) is 2. The van der Waals surface area contributed by atoms with Crippen LogP contribution in [0.15, 0.2) is 58.2 Å². The van der Waals surface area contributed by atoms with E-state index in [4.69, 9.17) is 4.74 Å². The Bertz CT molecular complexity index is 1040. The zero-order chi connectivity index (χ0) is 22.2. The number of aromatic nitrogens is 3. The maximum Gasteiger partial charge on any atom is 0.234 e. The van der Waals surface area contributed by atoms with Gasteiger partial charge in [-0.1, -0.05) is 27.7 Å². The van der Waals surface area contributed by atoms with Crippen LogP contribution in [0.4, 0.5) is 11.4 Å². The van der Waals surface area contributed by atoms with E-state index in [1.807, 2.05) is 35.8 Å². The Hall–Kier alpha value is -2.85. The van der Waals surface area contributed by atoms with Crippen molar-refractivity contribution in [3.05, 3.63) is 58.8 Å². The van der Waals surface area contributed by atoms with Gasteiger partial charge in [0.1, 0.15) is 11.6 Å². The second-order valence-electron chi connectivity index (χ2n) is 6.44. The number of amides is 2. The number of methoxy groups -OCH3 is 1. The summed E-state index contributed by atoms with van der Waals surface area (Å²) in [5.74, 6) is 1.11. The number of nitrogens with zero attached hydrogens (tertiary/aromatic N) is 3. The molecule has 2 aromatic carbocycles. The van der Waals surface area contributed by atoms with E-state index < -0.39 is 0 Å². The van der Waals surface area contributed by atoms with Crippen molar-refractivity contribution < 1.29 is 14.3 Å². The molecule has 2 N–H and O–H groups in total. The van der Waals surface area contributed by atoms with Crippen LogP contribution in [0.3, 0.4) is 0 Å². The molecule has 0 fully saturated rings. The highest BCUT2D eigenvalue weighted by Crippen LogP contribution is 2.20. The number of ether oxygens (including phenoxy) is 1. The van der Waals surface area contributed by atoms with Crippen molar-refractivity contribution in [1.82, 2.24) is 14.8 Å². The topological polar surface area (TPSA) is 98.1 Å². The minimum atomic E-state index is -0.197. The summed E-state index contributed by atoms with van der Waals surface area (Å²) >= 11 is 4.64. The number of benzene rings is 2. The molecule has 0 unspecified atom stereocenters. The molecule has 162 valence electrons. The van der Waals surface area contributed by atoms with E-state index in [1.54, 1.807) is 31.4 Å². The average Bonchev–Trinajstić information content (AvgIpc) is 3.15. The Morgan fingerprint density at radius 1 is 1.00 bits per heavy atom. The van der Waals surface area contributed by atoms with Gasteiger partial charge in [0, 0.05) is 22.4 Å². The molecule has 8 nitrogen and oxygen atoms in total. The van der Waals surface area contributed by atoms with Gasteiger partial charge in [-0.15, -0.1) is 10.2 Å². The van der Waals surface area contributed by atoms with E-state index in [-0.39, 0.29) is 24.0 Å². The fourth-order valence-corrected chi connectivity index (χ4v) is 3.84. The van der Waals surface area contributed by atoms with E-state index in [1.165, 1.54) is 11.8 Å². The standard InChI is InChI=1S/C21H22BrN5O3S/c1-3-27-18(12-19(28)23-16-8-10-17(30-2)11-9-16)25-26-21(27)31-13-20(29)24-15-6-4-14(22)5-7-15/h4-11H,3,12-13H2,1-2H3,(H,23,28)(H,24,29). The highest BCUT2D eigenvalue weighted by Gasteiger charge is 2.16. The van der Waals surface area contributed by atoms with Gasteiger partial charge in [0.05, 0.1) is 19.3 Å². The van der Waals surface area contributed by atoms with Gasteiger partial charge in [-0.25, -0.2) is 0 Å². The molecule has 31 heavy (non-hydrogen) atoms. The van der Waals surface area contributed by atoms with Crippen LogP contribution in [-0.2, 0) is 22.6 Å². The van der Waals surface area contributed by atoms with E-state index >= 15 is 0 Å². The van der Waals surface area contributed by atoms with E-state index in [9.17, 15) is 9.59 Å². The minimum Gasteiger partial charge on any atom is -0.497 e. The lowest BCUT2D eigenvalue weighted by atomic mass is 10.3. The number of rotatable bonds is 9. The summed E-state index contributed by atoms with van der Waals surface area (Å²) in [6, 6.07) is 14.5. The molecule has 0 saturated heterocycles. The summed E-state index contributed by atoms with van der Waals surface area (Å²) < 4.78 is 7.90. The average molecular weight is 504 g/mol. The zero-order valence-corrected chi connectivity index (χ0v) is 19.5. The number of anilines is 2. The van der Waals surface area contributed by atoms with Crippen LogP contribution in [0.25, 0.3) is 0 Å². The largest absolute Gasteiger partial charge is 0.497 e. The van der Waals surface area contributed by atoms with Gasteiger partial charge in [-0.05, 0) is 55.5 Å². The van der Waals surface area contributed by atoms with Gasteiger partial charge in [0.15, 0.2) is 5.16 Å². The smallest absolute Gasteiger partial charge is 0.234 e. The third kappa shape index (κ3) is 6.56. The molecule has 0 spiro atoms. The van der Waals surface area contributed by atoms with Gasteiger partial charge in [0.2, 0.25) is 11.8 Å². The van der Waals surface area contributed by atoms with Crippen LogP contribution in [0, 0.1) is 0 Å². The molecule has 3 aromatic rings. The predicted octanol–water partition coefficient (Wildman–Crippen LogP) is 3.98. The van der Waals surface area contributed by atoms with Crippen molar-refractivity contribution in [3.8, 4) is 5.75 Å². The minimum absolute atomic E-state index is 0.0819. The number of halogens is 1. The van der Waals surface area contributed by atoms with E-state index in [0.29, 0.717) is 23.2 Å². The molecule has 0 aliphatic rings. The molecule has 0 atom stereocenters. The number of nitrogens with one attached hydrogen (secondary N) is 2. The van der Waals surface area contributed by atoms with Crippen molar-refractivity contribution in [3.63, 3.8) is 0 Å². The maximum atomic E-state index is 12.4. The van der Waals surface area contributed by atoms with Crippen molar-refractivity contribution in [2.75, 3.05) is 23.5 Å². The Morgan fingerprint density at radius 3 is 2.23 bits per heavy atom. The lowest BCUT2D eigenvalue weighted by molar-refractivity contribution is -0.116. The number of thioether (sulfide) groups is 1. The van der Waals surface area contributed by atoms with E-state index in [2.05, 4.69) is 36.8 Å². The molecule has 0 aliphatic heterocycles. The van der Waals surface area contributed by atoms with Crippen molar-refractivity contribution in [2.24, 2.45) is 0 Å².